The summed E-state index contributed by atoms with van der Waals surface area (Å²) in [6.07, 6.45) is 6.71. The van der Waals surface area contributed by atoms with Crippen LogP contribution in [0.5, 0.6) is 0 Å². The molecule has 0 amide bonds. The van der Waals surface area contributed by atoms with Gasteiger partial charge in [0.1, 0.15) is 6.10 Å². The van der Waals surface area contributed by atoms with Gasteiger partial charge in [-0.1, -0.05) is 62.1 Å². The van der Waals surface area contributed by atoms with Crippen LogP contribution in [0.15, 0.2) is 60.7 Å². The highest BCUT2D eigenvalue weighted by molar-refractivity contribution is 5.64. The Hall–Kier alpha value is -2.29. The standard InChI is InChI=1S/C19H20O3/c1-4-5-6-9-12(2)16-15-11-8-7-10-14(15)13(3)17-18(16)22-19(20)21-17/h4-11,13,16-18H,2H2,1,3H3/b5-4-,9-6-. The smallest absolute Gasteiger partial charge is 0.426 e. The van der Waals surface area contributed by atoms with Crippen molar-refractivity contribution in [3.8, 4) is 0 Å². The summed E-state index contributed by atoms with van der Waals surface area (Å²) in [4.78, 5) is 11.6. The van der Waals surface area contributed by atoms with Crippen molar-refractivity contribution in [1.29, 1.82) is 0 Å². The molecule has 1 saturated heterocycles. The van der Waals surface area contributed by atoms with Crippen LogP contribution in [0.3, 0.4) is 0 Å². The maximum Gasteiger partial charge on any atom is 0.509 e. The molecule has 2 aliphatic rings. The van der Waals surface area contributed by atoms with Gasteiger partial charge in [0.05, 0.1) is 0 Å². The molecule has 1 aliphatic carbocycles. The summed E-state index contributed by atoms with van der Waals surface area (Å²) in [5, 5.41) is 0. The third-order valence-electron chi connectivity index (χ3n) is 4.44. The van der Waals surface area contributed by atoms with Gasteiger partial charge in [-0.2, -0.15) is 0 Å². The predicted octanol–water partition coefficient (Wildman–Crippen LogP) is 4.48. The average Bonchev–Trinajstić information content (AvgIpc) is 2.89. The molecule has 0 saturated carbocycles. The van der Waals surface area contributed by atoms with E-state index in [1.807, 2.05) is 43.4 Å². The van der Waals surface area contributed by atoms with Gasteiger partial charge in [-0.3, -0.25) is 0 Å². The fraction of sp³-hybridized carbons (Fsp3) is 0.316. The van der Waals surface area contributed by atoms with E-state index >= 15 is 0 Å². The number of ether oxygens (including phenoxy) is 2. The van der Waals surface area contributed by atoms with Crippen LogP contribution in [0.1, 0.15) is 36.8 Å². The Labute approximate surface area is 130 Å². The van der Waals surface area contributed by atoms with E-state index in [-0.39, 0.29) is 24.0 Å². The highest BCUT2D eigenvalue weighted by atomic mass is 16.8. The molecule has 22 heavy (non-hydrogen) atoms. The zero-order valence-electron chi connectivity index (χ0n) is 12.9. The van der Waals surface area contributed by atoms with Crippen molar-refractivity contribution in [2.24, 2.45) is 0 Å². The molecule has 0 aromatic heterocycles. The van der Waals surface area contributed by atoms with Crippen molar-refractivity contribution in [3.05, 3.63) is 71.8 Å². The molecule has 0 N–H and O–H groups in total. The molecule has 1 aromatic carbocycles. The van der Waals surface area contributed by atoms with Gasteiger partial charge in [-0.05, 0) is 23.6 Å². The summed E-state index contributed by atoms with van der Waals surface area (Å²) < 4.78 is 10.9. The molecule has 3 nitrogen and oxygen atoms in total. The third kappa shape index (κ3) is 2.37. The van der Waals surface area contributed by atoms with Crippen LogP contribution in [-0.2, 0) is 9.47 Å². The van der Waals surface area contributed by atoms with E-state index in [4.69, 9.17) is 9.47 Å². The lowest BCUT2D eigenvalue weighted by atomic mass is 9.71. The molecule has 1 aliphatic heterocycles. The van der Waals surface area contributed by atoms with Crippen molar-refractivity contribution >= 4 is 6.16 Å². The summed E-state index contributed by atoms with van der Waals surface area (Å²) in [6, 6.07) is 8.22. The quantitative estimate of drug-likeness (QED) is 0.609. The van der Waals surface area contributed by atoms with E-state index in [2.05, 4.69) is 25.6 Å². The molecule has 4 unspecified atom stereocenters. The molecular formula is C19H20O3. The van der Waals surface area contributed by atoms with E-state index in [1.165, 1.54) is 11.1 Å². The SMILES string of the molecule is C=C(/C=C\C=C/C)C1c2ccccc2C(C)C2OC(=O)OC12. The molecule has 0 radical (unpaired) electrons. The Morgan fingerprint density at radius 3 is 2.55 bits per heavy atom. The number of allylic oxidation sites excluding steroid dienone is 4. The second-order valence-electron chi connectivity index (χ2n) is 5.77. The van der Waals surface area contributed by atoms with Crippen molar-refractivity contribution in [1.82, 2.24) is 0 Å². The summed E-state index contributed by atoms with van der Waals surface area (Å²) in [5.41, 5.74) is 3.29. The van der Waals surface area contributed by atoms with E-state index in [0.717, 1.165) is 5.57 Å². The molecule has 1 fully saturated rings. The zero-order valence-corrected chi connectivity index (χ0v) is 12.9. The fourth-order valence-corrected chi connectivity index (χ4v) is 3.40. The second-order valence-corrected chi connectivity index (χ2v) is 5.77. The van der Waals surface area contributed by atoms with E-state index in [1.54, 1.807) is 0 Å². The zero-order chi connectivity index (χ0) is 15.7. The first kappa shape index (κ1) is 14.6. The summed E-state index contributed by atoms with van der Waals surface area (Å²) in [5.74, 6) is 0.0570. The fourth-order valence-electron chi connectivity index (χ4n) is 3.40. The number of carbonyl (C=O) groups is 1. The molecule has 3 rings (SSSR count). The van der Waals surface area contributed by atoms with Gasteiger partial charge in [0.2, 0.25) is 0 Å². The first-order chi connectivity index (χ1) is 10.6. The Balaban J connectivity index is 2.03. The molecule has 4 atom stereocenters. The van der Waals surface area contributed by atoms with Gasteiger partial charge in [-0.15, -0.1) is 0 Å². The highest BCUT2D eigenvalue weighted by Gasteiger charge is 2.50. The normalized spacial score (nSPS) is 30.0. The molecule has 114 valence electrons. The van der Waals surface area contributed by atoms with Crippen LogP contribution < -0.4 is 0 Å². The Kier molecular flexibility index (Phi) is 3.88. The van der Waals surface area contributed by atoms with Crippen LogP contribution in [0, 0.1) is 0 Å². The van der Waals surface area contributed by atoms with Gasteiger partial charge in [0.25, 0.3) is 0 Å². The van der Waals surface area contributed by atoms with Gasteiger partial charge in [0.15, 0.2) is 6.10 Å². The average molecular weight is 296 g/mol. The van der Waals surface area contributed by atoms with Crippen LogP contribution in [0.2, 0.25) is 0 Å². The number of hydrogen-bond acceptors (Lipinski definition) is 3. The predicted molar refractivity (Wildman–Crippen MR) is 85.8 cm³/mol. The Morgan fingerprint density at radius 1 is 1.14 bits per heavy atom. The number of hydrogen-bond donors (Lipinski definition) is 0. The van der Waals surface area contributed by atoms with Crippen molar-refractivity contribution in [2.75, 3.05) is 0 Å². The lowest BCUT2D eigenvalue weighted by molar-refractivity contribution is 0.109. The second kappa shape index (κ2) is 5.84. The molecule has 1 aromatic rings. The maximum atomic E-state index is 11.6. The third-order valence-corrected chi connectivity index (χ3v) is 4.44. The molecule has 0 bridgehead atoms. The van der Waals surface area contributed by atoms with Crippen molar-refractivity contribution < 1.29 is 14.3 Å². The van der Waals surface area contributed by atoms with Gasteiger partial charge in [-0.25, -0.2) is 4.79 Å². The lowest BCUT2D eigenvalue weighted by Gasteiger charge is -2.36. The minimum Gasteiger partial charge on any atom is -0.426 e. The number of benzene rings is 1. The molecular weight excluding hydrogens is 276 g/mol. The summed E-state index contributed by atoms with van der Waals surface area (Å²) in [6.45, 7) is 8.23. The topological polar surface area (TPSA) is 35.5 Å². The Bertz CT molecular complexity index is 656. The summed E-state index contributed by atoms with van der Waals surface area (Å²) in [7, 11) is 0. The minimum absolute atomic E-state index is 0.0645. The first-order valence-corrected chi connectivity index (χ1v) is 7.57. The minimum atomic E-state index is -0.579. The monoisotopic (exact) mass is 296 g/mol. The molecule has 1 heterocycles. The Morgan fingerprint density at radius 2 is 1.82 bits per heavy atom. The largest absolute Gasteiger partial charge is 0.509 e. The van der Waals surface area contributed by atoms with Gasteiger partial charge in [0, 0.05) is 11.8 Å². The van der Waals surface area contributed by atoms with Crippen LogP contribution in [0.25, 0.3) is 0 Å². The number of carbonyl (C=O) groups excluding carboxylic acids is 1. The number of fused-ring (bicyclic) bond motifs is 2. The summed E-state index contributed by atoms with van der Waals surface area (Å²) >= 11 is 0. The van der Waals surface area contributed by atoms with Gasteiger partial charge < -0.3 is 9.47 Å². The maximum absolute atomic E-state index is 11.6. The van der Waals surface area contributed by atoms with E-state index < -0.39 is 6.16 Å². The van der Waals surface area contributed by atoms with Crippen LogP contribution >= 0.6 is 0 Å². The van der Waals surface area contributed by atoms with Crippen LogP contribution in [0.4, 0.5) is 4.79 Å². The van der Waals surface area contributed by atoms with E-state index in [9.17, 15) is 4.79 Å². The van der Waals surface area contributed by atoms with Crippen LogP contribution in [-0.4, -0.2) is 18.4 Å². The molecule has 3 heteroatoms. The number of rotatable bonds is 3. The first-order valence-electron chi connectivity index (χ1n) is 7.57. The van der Waals surface area contributed by atoms with E-state index in [0.29, 0.717) is 0 Å². The van der Waals surface area contributed by atoms with Gasteiger partial charge >= 0.3 is 6.16 Å². The molecule has 0 spiro atoms. The van der Waals surface area contributed by atoms with Crippen molar-refractivity contribution in [2.45, 2.75) is 37.9 Å². The lowest BCUT2D eigenvalue weighted by Crippen LogP contribution is -2.39. The van der Waals surface area contributed by atoms with Crippen molar-refractivity contribution in [3.63, 3.8) is 0 Å². The highest BCUT2D eigenvalue weighted by Crippen LogP contribution is 2.47.